The van der Waals surface area contributed by atoms with Crippen molar-refractivity contribution in [3.8, 4) is 22.4 Å². The van der Waals surface area contributed by atoms with Crippen molar-refractivity contribution in [2.24, 2.45) is 0 Å². The Labute approximate surface area is 124 Å². The van der Waals surface area contributed by atoms with E-state index in [1.807, 2.05) is 6.92 Å². The number of anilines is 1. The lowest BCUT2D eigenvalue weighted by Crippen LogP contribution is -1.89. The minimum atomic E-state index is 0.199. The Morgan fingerprint density at radius 3 is 2.70 bits per heavy atom. The SMILES string of the molecule is Cc1[nH]ncc1-c1noc(N)c1-c1ccc(Cl)cc1Cl. The number of nitrogen functional groups attached to an aromatic ring is 1. The molecule has 0 unspecified atom stereocenters. The first-order valence-corrected chi connectivity index (χ1v) is 6.54. The lowest BCUT2D eigenvalue weighted by molar-refractivity contribution is 0.439. The third-order valence-corrected chi connectivity index (χ3v) is 3.55. The first-order valence-electron chi connectivity index (χ1n) is 5.79. The van der Waals surface area contributed by atoms with Crippen LogP contribution in [-0.2, 0) is 0 Å². The fraction of sp³-hybridized carbons (Fsp3) is 0.0769. The van der Waals surface area contributed by atoms with Gasteiger partial charge in [0.25, 0.3) is 0 Å². The van der Waals surface area contributed by atoms with E-state index in [2.05, 4.69) is 15.4 Å². The second kappa shape index (κ2) is 4.85. The van der Waals surface area contributed by atoms with E-state index in [-0.39, 0.29) is 5.88 Å². The minimum Gasteiger partial charge on any atom is -0.367 e. The molecule has 3 N–H and O–H groups in total. The molecular weight excluding hydrogens is 299 g/mol. The highest BCUT2D eigenvalue weighted by Gasteiger charge is 2.21. The minimum absolute atomic E-state index is 0.199. The molecule has 7 heteroatoms. The molecule has 102 valence electrons. The van der Waals surface area contributed by atoms with Crippen molar-refractivity contribution in [2.45, 2.75) is 6.92 Å². The summed E-state index contributed by atoms with van der Waals surface area (Å²) in [5, 5.41) is 11.9. The van der Waals surface area contributed by atoms with Crippen LogP contribution in [0.1, 0.15) is 5.69 Å². The van der Waals surface area contributed by atoms with Crippen molar-refractivity contribution in [1.82, 2.24) is 15.4 Å². The van der Waals surface area contributed by atoms with E-state index >= 15 is 0 Å². The van der Waals surface area contributed by atoms with Crippen molar-refractivity contribution in [3.63, 3.8) is 0 Å². The Morgan fingerprint density at radius 1 is 1.25 bits per heavy atom. The van der Waals surface area contributed by atoms with E-state index in [0.717, 1.165) is 11.3 Å². The average Bonchev–Trinajstić information content (AvgIpc) is 2.96. The second-order valence-electron chi connectivity index (χ2n) is 4.30. The molecule has 0 radical (unpaired) electrons. The summed E-state index contributed by atoms with van der Waals surface area (Å²) < 4.78 is 5.11. The predicted octanol–water partition coefficient (Wildman–Crippen LogP) is 3.93. The summed E-state index contributed by atoms with van der Waals surface area (Å²) in [6.45, 7) is 1.89. The number of hydrogen-bond donors (Lipinski definition) is 2. The van der Waals surface area contributed by atoms with Gasteiger partial charge in [-0.05, 0) is 19.1 Å². The third-order valence-electron chi connectivity index (χ3n) is 3.00. The molecule has 0 spiro atoms. The van der Waals surface area contributed by atoms with Gasteiger partial charge in [0.2, 0.25) is 5.88 Å². The normalized spacial score (nSPS) is 10.9. The number of hydrogen-bond acceptors (Lipinski definition) is 4. The zero-order valence-corrected chi connectivity index (χ0v) is 12.0. The van der Waals surface area contributed by atoms with Crippen molar-refractivity contribution in [3.05, 3.63) is 40.1 Å². The zero-order valence-electron chi connectivity index (χ0n) is 10.4. The first-order chi connectivity index (χ1) is 9.58. The molecule has 0 aliphatic rings. The standard InChI is InChI=1S/C13H10Cl2N4O/c1-6-9(5-17-18-6)12-11(13(16)20-19-12)8-3-2-7(14)4-10(8)15/h2-5H,16H2,1H3,(H,17,18). The summed E-state index contributed by atoms with van der Waals surface area (Å²) in [5.41, 5.74) is 9.51. The molecule has 2 heterocycles. The quantitative estimate of drug-likeness (QED) is 0.751. The van der Waals surface area contributed by atoms with Gasteiger partial charge < -0.3 is 10.3 Å². The molecule has 0 atom stereocenters. The Kier molecular flexibility index (Phi) is 3.16. The highest BCUT2D eigenvalue weighted by molar-refractivity contribution is 6.36. The Balaban J connectivity index is 2.24. The molecule has 0 aliphatic carbocycles. The molecule has 3 rings (SSSR count). The number of H-pyrrole nitrogens is 1. The number of nitrogens with zero attached hydrogens (tertiary/aromatic N) is 2. The van der Waals surface area contributed by atoms with Crippen LogP contribution in [0.3, 0.4) is 0 Å². The molecule has 20 heavy (non-hydrogen) atoms. The Bertz CT molecular complexity index is 779. The highest BCUT2D eigenvalue weighted by atomic mass is 35.5. The molecule has 0 saturated carbocycles. The maximum absolute atomic E-state index is 6.23. The fourth-order valence-corrected chi connectivity index (χ4v) is 2.53. The van der Waals surface area contributed by atoms with Crippen LogP contribution in [0.5, 0.6) is 0 Å². The Morgan fingerprint density at radius 2 is 2.05 bits per heavy atom. The first kappa shape index (κ1) is 13.0. The fourth-order valence-electron chi connectivity index (χ4n) is 2.03. The number of benzene rings is 1. The summed E-state index contributed by atoms with van der Waals surface area (Å²) in [4.78, 5) is 0. The van der Waals surface area contributed by atoms with Gasteiger partial charge in [-0.3, -0.25) is 5.10 Å². The number of aromatic nitrogens is 3. The molecule has 3 aromatic rings. The molecule has 5 nitrogen and oxygen atoms in total. The van der Waals surface area contributed by atoms with Crippen LogP contribution in [0.4, 0.5) is 5.88 Å². The predicted molar refractivity (Wildman–Crippen MR) is 78.7 cm³/mol. The van der Waals surface area contributed by atoms with Crippen molar-refractivity contribution in [1.29, 1.82) is 0 Å². The van der Waals surface area contributed by atoms with Gasteiger partial charge in [0.1, 0.15) is 5.69 Å². The summed E-state index contributed by atoms with van der Waals surface area (Å²) in [6.07, 6.45) is 1.67. The molecule has 0 amide bonds. The van der Waals surface area contributed by atoms with Gasteiger partial charge in [0.05, 0.1) is 16.8 Å². The van der Waals surface area contributed by atoms with E-state index in [1.54, 1.807) is 24.4 Å². The molecule has 0 saturated heterocycles. The van der Waals surface area contributed by atoms with Gasteiger partial charge in [0.15, 0.2) is 0 Å². The maximum Gasteiger partial charge on any atom is 0.230 e. The summed E-state index contributed by atoms with van der Waals surface area (Å²) in [7, 11) is 0. The van der Waals surface area contributed by atoms with E-state index in [4.69, 9.17) is 33.5 Å². The topological polar surface area (TPSA) is 80.7 Å². The lowest BCUT2D eigenvalue weighted by atomic mass is 10.0. The van der Waals surface area contributed by atoms with Crippen LogP contribution in [0, 0.1) is 6.92 Å². The second-order valence-corrected chi connectivity index (χ2v) is 5.15. The number of aromatic amines is 1. The van der Waals surface area contributed by atoms with Crippen LogP contribution in [0.25, 0.3) is 22.4 Å². The Hall–Kier alpha value is -1.98. The highest BCUT2D eigenvalue weighted by Crippen LogP contribution is 2.40. The molecule has 0 bridgehead atoms. The van der Waals surface area contributed by atoms with Crippen molar-refractivity contribution < 1.29 is 4.52 Å². The number of halogens is 2. The number of nitrogens with one attached hydrogen (secondary N) is 1. The summed E-state index contributed by atoms with van der Waals surface area (Å²) in [5.74, 6) is 0.199. The number of aryl methyl sites for hydroxylation is 1. The van der Waals surface area contributed by atoms with E-state index in [9.17, 15) is 0 Å². The van der Waals surface area contributed by atoms with Gasteiger partial charge in [-0.15, -0.1) is 0 Å². The van der Waals surface area contributed by atoms with Crippen molar-refractivity contribution >= 4 is 29.1 Å². The van der Waals surface area contributed by atoms with Crippen LogP contribution in [-0.4, -0.2) is 15.4 Å². The zero-order chi connectivity index (χ0) is 14.3. The van der Waals surface area contributed by atoms with E-state index in [1.165, 1.54) is 0 Å². The van der Waals surface area contributed by atoms with Crippen LogP contribution >= 0.6 is 23.2 Å². The molecule has 1 aromatic carbocycles. The third kappa shape index (κ3) is 2.05. The number of nitrogens with two attached hydrogens (primary N) is 1. The molecule has 2 aromatic heterocycles. The molecule has 0 aliphatic heterocycles. The summed E-state index contributed by atoms with van der Waals surface area (Å²) >= 11 is 12.1. The van der Waals surface area contributed by atoms with Crippen LogP contribution in [0.15, 0.2) is 28.9 Å². The lowest BCUT2D eigenvalue weighted by Gasteiger charge is -2.05. The van der Waals surface area contributed by atoms with Crippen LogP contribution < -0.4 is 5.73 Å². The molecular formula is C13H10Cl2N4O. The van der Waals surface area contributed by atoms with Gasteiger partial charge in [-0.25, -0.2) is 0 Å². The van der Waals surface area contributed by atoms with E-state index in [0.29, 0.717) is 26.9 Å². The van der Waals surface area contributed by atoms with Gasteiger partial charge in [-0.1, -0.05) is 34.4 Å². The number of rotatable bonds is 2. The largest absolute Gasteiger partial charge is 0.367 e. The summed E-state index contributed by atoms with van der Waals surface area (Å²) in [6, 6.07) is 5.17. The maximum atomic E-state index is 6.23. The van der Waals surface area contributed by atoms with Crippen molar-refractivity contribution in [2.75, 3.05) is 5.73 Å². The van der Waals surface area contributed by atoms with Gasteiger partial charge in [-0.2, -0.15) is 5.10 Å². The smallest absolute Gasteiger partial charge is 0.230 e. The van der Waals surface area contributed by atoms with Gasteiger partial charge in [0, 0.05) is 21.8 Å². The van der Waals surface area contributed by atoms with Crippen LogP contribution in [0.2, 0.25) is 10.0 Å². The molecule has 0 fully saturated rings. The average molecular weight is 309 g/mol. The monoisotopic (exact) mass is 308 g/mol. The van der Waals surface area contributed by atoms with E-state index < -0.39 is 0 Å². The van der Waals surface area contributed by atoms with Gasteiger partial charge >= 0.3 is 0 Å².